The van der Waals surface area contributed by atoms with Gasteiger partial charge < -0.3 is 9.64 Å². The monoisotopic (exact) mass is 433 g/mol. The van der Waals surface area contributed by atoms with Crippen molar-refractivity contribution in [3.8, 4) is 5.75 Å². The van der Waals surface area contributed by atoms with Gasteiger partial charge in [0.05, 0.1) is 6.61 Å². The average Bonchev–Trinajstić information content (AvgIpc) is 2.86. The zero-order valence-corrected chi connectivity index (χ0v) is 18.8. The number of Topliss-reactive ketones (excluding diaryl/α,β-unsaturated/α-hetero) is 1. The molecule has 164 valence electrons. The summed E-state index contributed by atoms with van der Waals surface area (Å²) in [6.45, 7) is 6.01. The lowest BCUT2D eigenvalue weighted by Crippen LogP contribution is -2.09. The van der Waals surface area contributed by atoms with E-state index in [4.69, 9.17) is 4.74 Å². The maximum absolute atomic E-state index is 12.0. The van der Waals surface area contributed by atoms with E-state index in [-0.39, 0.29) is 5.78 Å². The van der Waals surface area contributed by atoms with Crippen molar-refractivity contribution in [1.29, 1.82) is 0 Å². The molecule has 0 atom stereocenters. The minimum absolute atomic E-state index is 0.0158. The molecule has 0 aliphatic heterocycles. The molecule has 3 nitrogen and oxygen atoms in total. The molecule has 0 amide bonds. The SMILES string of the molecule is C=C(C)C(=O)c1ccc(CCOc2ccc(N(c3ccccc3)c3ccccc3)cc2)cc1. The molecule has 0 aliphatic carbocycles. The lowest BCUT2D eigenvalue weighted by Gasteiger charge is -2.25. The second-order valence-electron chi connectivity index (χ2n) is 7.91. The highest BCUT2D eigenvalue weighted by atomic mass is 16.5. The van der Waals surface area contributed by atoms with E-state index >= 15 is 0 Å². The Balaban J connectivity index is 1.41. The first-order valence-electron chi connectivity index (χ1n) is 11.0. The van der Waals surface area contributed by atoms with Crippen LogP contribution in [-0.4, -0.2) is 12.4 Å². The fourth-order valence-electron chi connectivity index (χ4n) is 3.65. The van der Waals surface area contributed by atoms with E-state index in [1.165, 1.54) is 0 Å². The molecule has 0 bridgehead atoms. The molecule has 0 aliphatic rings. The van der Waals surface area contributed by atoms with Gasteiger partial charge in [-0.1, -0.05) is 67.2 Å². The summed E-state index contributed by atoms with van der Waals surface area (Å²) in [5.74, 6) is 0.812. The molecule has 4 aromatic rings. The van der Waals surface area contributed by atoms with Gasteiger partial charge in [-0.25, -0.2) is 0 Å². The van der Waals surface area contributed by atoms with E-state index in [1.807, 2.05) is 72.8 Å². The molecule has 0 unspecified atom stereocenters. The molecule has 4 rings (SSSR count). The van der Waals surface area contributed by atoms with E-state index in [2.05, 4.69) is 47.9 Å². The second-order valence-corrected chi connectivity index (χ2v) is 7.91. The van der Waals surface area contributed by atoms with Crippen LogP contribution in [0.15, 0.2) is 121 Å². The van der Waals surface area contributed by atoms with Crippen LogP contribution < -0.4 is 9.64 Å². The number of carbonyl (C=O) groups is 1. The Labute approximate surface area is 195 Å². The fourth-order valence-corrected chi connectivity index (χ4v) is 3.65. The molecule has 33 heavy (non-hydrogen) atoms. The quantitative estimate of drug-likeness (QED) is 0.202. The first kappa shape index (κ1) is 22.1. The van der Waals surface area contributed by atoms with Crippen molar-refractivity contribution < 1.29 is 9.53 Å². The summed E-state index contributed by atoms with van der Waals surface area (Å²) < 4.78 is 5.97. The molecular weight excluding hydrogens is 406 g/mol. The fraction of sp³-hybridized carbons (Fsp3) is 0.100. The number of carbonyl (C=O) groups excluding carboxylic acids is 1. The number of rotatable bonds is 9. The van der Waals surface area contributed by atoms with Gasteiger partial charge in [0.25, 0.3) is 0 Å². The number of anilines is 3. The Hall–Kier alpha value is -4.11. The van der Waals surface area contributed by atoms with Crippen molar-refractivity contribution >= 4 is 22.8 Å². The lowest BCUT2D eigenvalue weighted by atomic mass is 10.0. The molecule has 0 N–H and O–H groups in total. The highest BCUT2D eigenvalue weighted by molar-refractivity contribution is 6.07. The number of hydrogen-bond donors (Lipinski definition) is 0. The number of allylic oxidation sites excluding steroid dienone is 1. The number of hydrogen-bond acceptors (Lipinski definition) is 3. The molecular formula is C30H27NO2. The van der Waals surface area contributed by atoms with Gasteiger partial charge in [-0.05, 0) is 66.6 Å². The second kappa shape index (κ2) is 10.5. The van der Waals surface area contributed by atoms with E-state index in [9.17, 15) is 4.79 Å². The van der Waals surface area contributed by atoms with Gasteiger partial charge in [0.2, 0.25) is 0 Å². The van der Waals surface area contributed by atoms with E-state index in [1.54, 1.807) is 6.92 Å². The summed E-state index contributed by atoms with van der Waals surface area (Å²) in [6.07, 6.45) is 0.767. The van der Waals surface area contributed by atoms with Crippen LogP contribution in [0.1, 0.15) is 22.8 Å². The van der Waals surface area contributed by atoms with Crippen LogP contribution in [-0.2, 0) is 6.42 Å². The summed E-state index contributed by atoms with van der Waals surface area (Å²) in [4.78, 5) is 14.2. The topological polar surface area (TPSA) is 29.5 Å². The van der Waals surface area contributed by atoms with Gasteiger partial charge in [-0.3, -0.25) is 4.79 Å². The molecule has 3 heteroatoms. The number of ketones is 1. The van der Waals surface area contributed by atoms with Gasteiger partial charge in [-0.15, -0.1) is 0 Å². The molecule has 0 saturated carbocycles. The Morgan fingerprint density at radius 1 is 0.727 bits per heavy atom. The van der Waals surface area contributed by atoms with Gasteiger partial charge in [-0.2, -0.15) is 0 Å². The largest absolute Gasteiger partial charge is 0.493 e. The summed E-state index contributed by atoms with van der Waals surface area (Å²) in [5, 5.41) is 0. The summed E-state index contributed by atoms with van der Waals surface area (Å²) in [7, 11) is 0. The van der Waals surface area contributed by atoms with Crippen LogP contribution in [0.2, 0.25) is 0 Å². The maximum atomic E-state index is 12.0. The number of benzene rings is 4. The molecule has 0 spiro atoms. The van der Waals surface area contributed by atoms with Crippen molar-refractivity contribution in [3.05, 3.63) is 132 Å². The molecule has 0 heterocycles. The van der Waals surface area contributed by atoms with Crippen LogP contribution in [0.4, 0.5) is 17.1 Å². The van der Waals surface area contributed by atoms with Crippen LogP contribution in [0.25, 0.3) is 0 Å². The van der Waals surface area contributed by atoms with Gasteiger partial charge in [0, 0.05) is 29.0 Å². The summed E-state index contributed by atoms with van der Waals surface area (Å²) >= 11 is 0. The van der Waals surface area contributed by atoms with Gasteiger partial charge in [0.15, 0.2) is 5.78 Å². The van der Waals surface area contributed by atoms with Gasteiger partial charge >= 0.3 is 0 Å². The zero-order chi connectivity index (χ0) is 23.0. The Bertz CT molecular complexity index is 1160. The standard InChI is InChI=1S/C30H27NO2/c1-23(2)30(32)25-15-13-24(14-16-25)21-22-33-29-19-17-28(18-20-29)31(26-9-5-3-6-10-26)27-11-7-4-8-12-27/h3-20H,1,21-22H2,2H3. The Morgan fingerprint density at radius 3 is 1.76 bits per heavy atom. The first-order valence-corrected chi connectivity index (χ1v) is 11.0. The van der Waals surface area contributed by atoms with E-state index in [0.717, 1.165) is 34.8 Å². The summed E-state index contributed by atoms with van der Waals surface area (Å²) in [5.41, 5.74) is 5.62. The number of nitrogens with zero attached hydrogens (tertiary/aromatic N) is 1. The zero-order valence-electron chi connectivity index (χ0n) is 18.8. The third-order valence-electron chi connectivity index (χ3n) is 5.39. The lowest BCUT2D eigenvalue weighted by molar-refractivity contribution is 0.103. The van der Waals surface area contributed by atoms with Crippen LogP contribution in [0.3, 0.4) is 0 Å². The first-order chi connectivity index (χ1) is 16.1. The molecule has 4 aromatic carbocycles. The molecule has 0 radical (unpaired) electrons. The van der Waals surface area contributed by atoms with Crippen molar-refractivity contribution in [1.82, 2.24) is 0 Å². The maximum Gasteiger partial charge on any atom is 0.188 e. The third-order valence-corrected chi connectivity index (χ3v) is 5.39. The molecule has 0 saturated heterocycles. The van der Waals surface area contributed by atoms with E-state index < -0.39 is 0 Å². The highest BCUT2D eigenvalue weighted by Gasteiger charge is 2.12. The van der Waals surface area contributed by atoms with Crippen LogP contribution in [0, 0.1) is 0 Å². The van der Waals surface area contributed by atoms with Crippen molar-refractivity contribution in [2.24, 2.45) is 0 Å². The van der Waals surface area contributed by atoms with Crippen molar-refractivity contribution in [3.63, 3.8) is 0 Å². The van der Waals surface area contributed by atoms with Crippen molar-refractivity contribution in [2.45, 2.75) is 13.3 Å². The van der Waals surface area contributed by atoms with Crippen LogP contribution in [0.5, 0.6) is 5.75 Å². The Morgan fingerprint density at radius 2 is 1.24 bits per heavy atom. The molecule has 0 fully saturated rings. The third kappa shape index (κ3) is 5.58. The minimum Gasteiger partial charge on any atom is -0.493 e. The predicted octanol–water partition coefficient (Wildman–Crippen LogP) is 7.54. The van der Waals surface area contributed by atoms with E-state index in [0.29, 0.717) is 17.7 Å². The van der Waals surface area contributed by atoms with Crippen LogP contribution >= 0.6 is 0 Å². The number of ether oxygens (including phenoxy) is 1. The Kier molecular flexibility index (Phi) is 7.01. The highest BCUT2D eigenvalue weighted by Crippen LogP contribution is 2.34. The number of para-hydroxylation sites is 2. The molecule has 0 aromatic heterocycles. The normalized spacial score (nSPS) is 10.5. The van der Waals surface area contributed by atoms with Crippen molar-refractivity contribution in [2.75, 3.05) is 11.5 Å². The predicted molar refractivity (Wildman–Crippen MR) is 136 cm³/mol. The summed E-state index contributed by atoms with van der Waals surface area (Å²) in [6, 6.07) is 36.4. The minimum atomic E-state index is -0.0158. The smallest absolute Gasteiger partial charge is 0.188 e. The average molecular weight is 434 g/mol. The van der Waals surface area contributed by atoms with Gasteiger partial charge in [0.1, 0.15) is 5.75 Å².